The van der Waals surface area contributed by atoms with Gasteiger partial charge in [0.2, 0.25) is 6.29 Å². The number of hydrogen-bond donors (Lipinski definition) is 1. The molecule has 0 aromatic carbocycles. The van der Waals surface area contributed by atoms with E-state index < -0.39 is 11.9 Å². The van der Waals surface area contributed by atoms with Crippen LogP contribution in [0.4, 0.5) is 5.82 Å². The molecule has 10 nitrogen and oxygen atoms in total. The number of piperidine rings is 1. The molecule has 3 aromatic rings. The number of anilines is 1. The molecule has 6 heterocycles. The average Bonchev–Trinajstić information content (AvgIpc) is 3.28. The van der Waals surface area contributed by atoms with Gasteiger partial charge in [0.1, 0.15) is 5.82 Å². The van der Waals surface area contributed by atoms with Gasteiger partial charge < -0.3 is 19.5 Å². The molecule has 0 radical (unpaired) electrons. The van der Waals surface area contributed by atoms with Crippen LogP contribution in [0.25, 0.3) is 22.3 Å². The minimum Gasteiger partial charge on any atom is -0.435 e. The van der Waals surface area contributed by atoms with E-state index in [4.69, 9.17) is 19.4 Å². The number of pyridine rings is 2. The van der Waals surface area contributed by atoms with Crippen molar-refractivity contribution in [2.75, 3.05) is 44.2 Å². The molecule has 1 spiro atoms. The Balaban J connectivity index is 1.17. The van der Waals surface area contributed by atoms with Gasteiger partial charge in [0, 0.05) is 55.7 Å². The minimum atomic E-state index is -1.12. The van der Waals surface area contributed by atoms with Crippen LogP contribution in [-0.4, -0.2) is 87.6 Å². The van der Waals surface area contributed by atoms with Gasteiger partial charge in [0.15, 0.2) is 11.4 Å². The van der Waals surface area contributed by atoms with Crippen molar-refractivity contribution in [1.82, 2.24) is 24.8 Å². The normalized spacial score (nSPS) is 26.1. The van der Waals surface area contributed by atoms with Crippen LogP contribution in [0.3, 0.4) is 0 Å². The molecule has 0 aliphatic carbocycles. The van der Waals surface area contributed by atoms with Gasteiger partial charge in [-0.3, -0.25) is 19.7 Å². The Morgan fingerprint density at radius 3 is 2.60 bits per heavy atom. The molecule has 182 valence electrons. The SMILES string of the molecule is O=COC1OCC1(O)CN1CCC2(CCN(c3nc(-c4ccncc4)nc4cnccc34)CC2)C1. The number of hydrogen-bond acceptors (Lipinski definition) is 10. The number of aliphatic hydroxyl groups is 1. The van der Waals surface area contributed by atoms with Crippen molar-refractivity contribution in [3.8, 4) is 11.4 Å². The number of aromatic nitrogens is 4. The third kappa shape index (κ3) is 4.11. The van der Waals surface area contributed by atoms with Crippen LogP contribution in [0.15, 0.2) is 43.0 Å². The zero-order chi connectivity index (χ0) is 23.9. The fourth-order valence-electron chi connectivity index (χ4n) is 5.67. The Bertz CT molecular complexity index is 1220. The zero-order valence-corrected chi connectivity index (χ0v) is 19.4. The summed E-state index contributed by atoms with van der Waals surface area (Å²) in [5.41, 5.74) is 0.864. The van der Waals surface area contributed by atoms with Crippen LogP contribution in [0.5, 0.6) is 0 Å². The molecule has 2 unspecified atom stereocenters. The topological polar surface area (TPSA) is 114 Å². The average molecular weight is 477 g/mol. The van der Waals surface area contributed by atoms with Crippen LogP contribution >= 0.6 is 0 Å². The molecule has 3 saturated heterocycles. The summed E-state index contributed by atoms with van der Waals surface area (Å²) in [6, 6.07) is 5.83. The second-order valence-electron chi connectivity index (χ2n) is 9.93. The van der Waals surface area contributed by atoms with Crippen LogP contribution in [0, 0.1) is 5.41 Å². The van der Waals surface area contributed by atoms with Crippen molar-refractivity contribution in [2.24, 2.45) is 5.41 Å². The van der Waals surface area contributed by atoms with Crippen molar-refractivity contribution in [2.45, 2.75) is 31.2 Å². The summed E-state index contributed by atoms with van der Waals surface area (Å²) in [4.78, 5) is 33.4. The molecule has 10 heteroatoms. The first-order valence-electron chi connectivity index (χ1n) is 12.0. The number of fused-ring (bicyclic) bond motifs is 1. The minimum absolute atomic E-state index is 0.193. The third-order valence-electron chi connectivity index (χ3n) is 7.66. The first-order chi connectivity index (χ1) is 17.1. The van der Waals surface area contributed by atoms with Gasteiger partial charge in [0.05, 0.1) is 18.3 Å². The fourth-order valence-corrected chi connectivity index (χ4v) is 5.67. The lowest BCUT2D eigenvalue weighted by Crippen LogP contribution is -2.64. The summed E-state index contributed by atoms with van der Waals surface area (Å²) in [6.07, 6.45) is 9.41. The van der Waals surface area contributed by atoms with Crippen molar-refractivity contribution in [1.29, 1.82) is 0 Å². The van der Waals surface area contributed by atoms with Crippen LogP contribution < -0.4 is 4.90 Å². The predicted molar refractivity (Wildman–Crippen MR) is 127 cm³/mol. The molecular weight excluding hydrogens is 448 g/mol. The smallest absolute Gasteiger partial charge is 0.295 e. The highest BCUT2D eigenvalue weighted by atomic mass is 16.7. The molecule has 3 aliphatic rings. The Morgan fingerprint density at radius 2 is 1.86 bits per heavy atom. The second kappa shape index (κ2) is 8.78. The number of likely N-dealkylation sites (tertiary alicyclic amines) is 1. The Labute approximate surface area is 202 Å². The quantitative estimate of drug-likeness (QED) is 0.527. The summed E-state index contributed by atoms with van der Waals surface area (Å²) in [5, 5.41) is 11.8. The van der Waals surface area contributed by atoms with Gasteiger partial charge in [-0.25, -0.2) is 9.97 Å². The number of ether oxygens (including phenoxy) is 2. The van der Waals surface area contributed by atoms with E-state index in [1.165, 1.54) is 0 Å². The first kappa shape index (κ1) is 22.3. The number of carbonyl (C=O) groups excluding carboxylic acids is 1. The van der Waals surface area contributed by atoms with Gasteiger partial charge in [-0.15, -0.1) is 0 Å². The molecule has 0 bridgehead atoms. The molecule has 0 saturated carbocycles. The third-order valence-corrected chi connectivity index (χ3v) is 7.66. The maximum atomic E-state index is 10.8. The van der Waals surface area contributed by atoms with Gasteiger partial charge in [-0.05, 0) is 49.4 Å². The molecule has 3 aromatic heterocycles. The van der Waals surface area contributed by atoms with Gasteiger partial charge >= 0.3 is 0 Å². The van der Waals surface area contributed by atoms with Crippen molar-refractivity contribution >= 4 is 23.2 Å². The van der Waals surface area contributed by atoms with Gasteiger partial charge in [-0.2, -0.15) is 0 Å². The maximum absolute atomic E-state index is 10.8. The standard InChI is InChI=1S/C25H28N6O4/c32-17-35-23-25(33,16-34-23)15-30-10-4-24(14-30)5-11-31(12-6-24)22-19-3-9-27-13-20(19)28-21(29-22)18-1-7-26-8-2-18/h1-3,7-9,13,17,23,33H,4-6,10-12,14-16H2. The van der Waals surface area contributed by atoms with E-state index in [-0.39, 0.29) is 12.0 Å². The number of rotatable bonds is 6. The summed E-state index contributed by atoms with van der Waals surface area (Å²) in [5.74, 6) is 1.63. The zero-order valence-electron chi connectivity index (χ0n) is 19.4. The number of β-amino-alcohol motifs (C(OH)–C–C–N with tert-alkyl or cyclic N) is 1. The summed E-state index contributed by atoms with van der Waals surface area (Å²) in [7, 11) is 0. The lowest BCUT2D eigenvalue weighted by molar-refractivity contribution is -0.323. The second-order valence-corrected chi connectivity index (χ2v) is 9.93. The monoisotopic (exact) mass is 476 g/mol. The van der Waals surface area contributed by atoms with Crippen molar-refractivity contribution < 1.29 is 19.4 Å². The van der Waals surface area contributed by atoms with Crippen LogP contribution in [-0.2, 0) is 14.3 Å². The van der Waals surface area contributed by atoms with E-state index in [1.54, 1.807) is 24.8 Å². The molecular formula is C25H28N6O4. The van der Waals surface area contributed by atoms with E-state index >= 15 is 0 Å². The van der Waals surface area contributed by atoms with Gasteiger partial charge in [-0.1, -0.05) is 0 Å². The lowest BCUT2D eigenvalue weighted by atomic mass is 9.77. The molecule has 2 atom stereocenters. The Hall–Kier alpha value is -3.21. The largest absolute Gasteiger partial charge is 0.435 e. The van der Waals surface area contributed by atoms with E-state index in [1.807, 2.05) is 18.2 Å². The highest BCUT2D eigenvalue weighted by Crippen LogP contribution is 2.43. The Kier molecular flexibility index (Phi) is 5.58. The van der Waals surface area contributed by atoms with E-state index in [2.05, 4.69) is 19.8 Å². The summed E-state index contributed by atoms with van der Waals surface area (Å²) >= 11 is 0. The van der Waals surface area contributed by atoms with Crippen LogP contribution in [0.2, 0.25) is 0 Å². The number of nitrogens with zero attached hydrogens (tertiary/aromatic N) is 6. The number of carbonyl (C=O) groups is 1. The van der Waals surface area contributed by atoms with E-state index in [0.29, 0.717) is 18.8 Å². The Morgan fingerprint density at radius 1 is 1.09 bits per heavy atom. The summed E-state index contributed by atoms with van der Waals surface area (Å²) < 4.78 is 10.1. The molecule has 3 aliphatic heterocycles. The van der Waals surface area contributed by atoms with E-state index in [9.17, 15) is 9.90 Å². The predicted octanol–water partition coefficient (Wildman–Crippen LogP) is 1.64. The highest BCUT2D eigenvalue weighted by Gasteiger charge is 2.52. The molecule has 6 rings (SSSR count). The molecule has 3 fully saturated rings. The van der Waals surface area contributed by atoms with Crippen molar-refractivity contribution in [3.63, 3.8) is 0 Å². The van der Waals surface area contributed by atoms with Gasteiger partial charge in [0.25, 0.3) is 6.47 Å². The highest BCUT2D eigenvalue weighted by molar-refractivity contribution is 5.90. The first-order valence-corrected chi connectivity index (χ1v) is 12.0. The fraction of sp³-hybridized carbons (Fsp3) is 0.480. The van der Waals surface area contributed by atoms with Crippen LogP contribution in [0.1, 0.15) is 19.3 Å². The molecule has 35 heavy (non-hydrogen) atoms. The maximum Gasteiger partial charge on any atom is 0.295 e. The lowest BCUT2D eigenvalue weighted by Gasteiger charge is -2.45. The van der Waals surface area contributed by atoms with Crippen molar-refractivity contribution in [3.05, 3.63) is 43.0 Å². The molecule has 0 amide bonds. The molecule has 1 N–H and O–H groups in total. The summed E-state index contributed by atoms with van der Waals surface area (Å²) in [6.45, 7) is 4.64. The van der Waals surface area contributed by atoms with E-state index in [0.717, 1.165) is 67.7 Å².